The Kier molecular flexibility index (Phi) is 5.47. The van der Waals surface area contributed by atoms with E-state index >= 15 is 0 Å². The van der Waals surface area contributed by atoms with Crippen LogP contribution in [0.5, 0.6) is 5.75 Å². The Morgan fingerprint density at radius 1 is 1.46 bits per heavy atom. The Morgan fingerprint density at radius 3 is 3.00 bits per heavy atom. The third-order valence-corrected chi connectivity index (χ3v) is 4.41. The molecule has 2 aromatic rings. The van der Waals surface area contributed by atoms with Gasteiger partial charge in [-0.1, -0.05) is 21.1 Å². The Bertz CT molecular complexity index is 712. The molecule has 0 saturated carbocycles. The van der Waals surface area contributed by atoms with E-state index in [9.17, 15) is 4.79 Å². The number of ether oxygens (including phenoxy) is 1. The maximum Gasteiger partial charge on any atom is 0.277 e. The molecule has 2 heterocycles. The highest BCUT2D eigenvalue weighted by Gasteiger charge is 2.19. The number of hydrogen-bond donors (Lipinski definition) is 2. The van der Waals surface area contributed by atoms with Crippen LogP contribution in [0.2, 0.25) is 0 Å². The Morgan fingerprint density at radius 2 is 2.25 bits per heavy atom. The summed E-state index contributed by atoms with van der Waals surface area (Å²) >= 11 is 3.40. The topological polar surface area (TPSA) is 81.1 Å². The lowest BCUT2D eigenvalue weighted by Crippen LogP contribution is -2.29. The monoisotopic (exact) mass is 393 g/mol. The standard InChI is InChI=1S/C16H20BrN5O2/c1-2-24-15-9-11(17)3-4-13(15)19-16(23)14-10-22(21-20-14)12-5-7-18-8-6-12/h3-4,9-10,12,18H,2,5-8H2,1H3,(H,19,23). The van der Waals surface area contributed by atoms with Crippen molar-refractivity contribution in [1.29, 1.82) is 0 Å². The fourth-order valence-electron chi connectivity index (χ4n) is 2.69. The summed E-state index contributed by atoms with van der Waals surface area (Å²) in [6, 6.07) is 5.77. The van der Waals surface area contributed by atoms with Crippen LogP contribution in [0.15, 0.2) is 28.9 Å². The van der Waals surface area contributed by atoms with Crippen LogP contribution in [0.4, 0.5) is 5.69 Å². The number of carbonyl (C=O) groups excluding carboxylic acids is 1. The number of aromatic nitrogens is 3. The minimum atomic E-state index is -0.293. The molecule has 0 spiro atoms. The number of benzene rings is 1. The van der Waals surface area contributed by atoms with E-state index in [-0.39, 0.29) is 5.91 Å². The van der Waals surface area contributed by atoms with Crippen molar-refractivity contribution in [3.8, 4) is 5.75 Å². The van der Waals surface area contributed by atoms with Crippen molar-refractivity contribution in [3.63, 3.8) is 0 Å². The van der Waals surface area contributed by atoms with E-state index < -0.39 is 0 Å². The van der Waals surface area contributed by atoms with E-state index in [1.165, 1.54) is 0 Å². The van der Waals surface area contributed by atoms with Gasteiger partial charge in [0.05, 0.1) is 24.5 Å². The van der Waals surface area contributed by atoms with Crippen LogP contribution in [0.25, 0.3) is 0 Å². The number of hydrogen-bond acceptors (Lipinski definition) is 5. The molecule has 1 aromatic carbocycles. The van der Waals surface area contributed by atoms with E-state index in [2.05, 4.69) is 36.9 Å². The summed E-state index contributed by atoms with van der Waals surface area (Å²) in [6.45, 7) is 4.34. The maximum atomic E-state index is 12.4. The summed E-state index contributed by atoms with van der Waals surface area (Å²) in [7, 11) is 0. The lowest BCUT2D eigenvalue weighted by molar-refractivity contribution is 0.102. The van der Waals surface area contributed by atoms with Crippen molar-refractivity contribution >= 4 is 27.5 Å². The molecule has 8 heteroatoms. The van der Waals surface area contributed by atoms with E-state index in [4.69, 9.17) is 4.74 Å². The van der Waals surface area contributed by atoms with Gasteiger partial charge in [-0.15, -0.1) is 5.10 Å². The van der Waals surface area contributed by atoms with E-state index in [0.29, 0.717) is 29.8 Å². The van der Waals surface area contributed by atoms with Crippen LogP contribution < -0.4 is 15.4 Å². The lowest BCUT2D eigenvalue weighted by Gasteiger charge is -2.22. The van der Waals surface area contributed by atoms with Gasteiger partial charge in [0.1, 0.15) is 5.75 Å². The molecule has 1 aliphatic heterocycles. The van der Waals surface area contributed by atoms with Crippen LogP contribution in [-0.4, -0.2) is 40.6 Å². The van der Waals surface area contributed by atoms with Gasteiger partial charge in [0.15, 0.2) is 5.69 Å². The van der Waals surface area contributed by atoms with E-state index in [1.807, 2.05) is 19.1 Å². The summed E-state index contributed by atoms with van der Waals surface area (Å²) in [5.41, 5.74) is 0.917. The molecule has 3 rings (SSSR count). The highest BCUT2D eigenvalue weighted by molar-refractivity contribution is 9.10. The molecule has 0 aliphatic carbocycles. The SMILES string of the molecule is CCOc1cc(Br)ccc1NC(=O)c1cn(C2CCNCC2)nn1. The van der Waals surface area contributed by atoms with Gasteiger partial charge in [0.2, 0.25) is 0 Å². The van der Waals surface area contributed by atoms with Crippen molar-refractivity contribution in [3.05, 3.63) is 34.6 Å². The summed E-state index contributed by atoms with van der Waals surface area (Å²) in [5.74, 6) is 0.324. The molecule has 1 saturated heterocycles. The Hall–Kier alpha value is -1.93. The third kappa shape index (κ3) is 3.93. The fraction of sp³-hybridized carbons (Fsp3) is 0.438. The van der Waals surface area contributed by atoms with E-state index in [1.54, 1.807) is 16.9 Å². The molecule has 128 valence electrons. The molecule has 0 radical (unpaired) electrons. The molecular weight excluding hydrogens is 374 g/mol. The first-order valence-corrected chi connectivity index (χ1v) is 8.83. The van der Waals surface area contributed by atoms with Gasteiger partial charge in [-0.2, -0.15) is 0 Å². The number of piperidine rings is 1. The number of carbonyl (C=O) groups is 1. The van der Waals surface area contributed by atoms with Gasteiger partial charge in [-0.25, -0.2) is 4.68 Å². The second-order valence-corrected chi connectivity index (χ2v) is 6.51. The first-order valence-electron chi connectivity index (χ1n) is 8.03. The van der Waals surface area contributed by atoms with Crippen LogP contribution in [0.1, 0.15) is 36.3 Å². The summed E-state index contributed by atoms with van der Waals surface area (Å²) < 4.78 is 8.24. The van der Waals surface area contributed by atoms with Crippen molar-refractivity contribution in [2.75, 3.05) is 25.0 Å². The number of amides is 1. The molecule has 1 fully saturated rings. The highest BCUT2D eigenvalue weighted by atomic mass is 79.9. The molecule has 1 amide bonds. The second kappa shape index (κ2) is 7.76. The van der Waals surface area contributed by atoms with Gasteiger partial charge in [0, 0.05) is 4.47 Å². The zero-order valence-corrected chi connectivity index (χ0v) is 15.0. The zero-order chi connectivity index (χ0) is 16.9. The lowest BCUT2D eigenvalue weighted by atomic mass is 10.1. The molecule has 24 heavy (non-hydrogen) atoms. The number of rotatable bonds is 5. The zero-order valence-electron chi connectivity index (χ0n) is 13.5. The summed E-state index contributed by atoms with van der Waals surface area (Å²) in [6.07, 6.45) is 3.70. The molecule has 2 N–H and O–H groups in total. The molecule has 0 unspecified atom stereocenters. The Labute approximate surface area is 148 Å². The van der Waals surface area contributed by atoms with Gasteiger partial charge < -0.3 is 15.4 Å². The maximum absolute atomic E-state index is 12.4. The number of halogens is 1. The minimum Gasteiger partial charge on any atom is -0.492 e. The first kappa shape index (κ1) is 16.9. The average Bonchev–Trinajstić information content (AvgIpc) is 3.08. The quantitative estimate of drug-likeness (QED) is 0.815. The first-order chi connectivity index (χ1) is 11.7. The fourth-order valence-corrected chi connectivity index (χ4v) is 3.03. The summed E-state index contributed by atoms with van der Waals surface area (Å²) in [5, 5.41) is 14.3. The summed E-state index contributed by atoms with van der Waals surface area (Å²) in [4.78, 5) is 12.4. The second-order valence-electron chi connectivity index (χ2n) is 5.59. The molecule has 1 aromatic heterocycles. The van der Waals surface area contributed by atoms with Crippen molar-refractivity contribution < 1.29 is 9.53 Å². The van der Waals surface area contributed by atoms with Gasteiger partial charge in [-0.3, -0.25) is 4.79 Å². The molecular formula is C16H20BrN5O2. The highest BCUT2D eigenvalue weighted by Crippen LogP contribution is 2.28. The molecule has 0 bridgehead atoms. The van der Waals surface area contributed by atoms with Crippen LogP contribution in [-0.2, 0) is 0 Å². The molecule has 7 nitrogen and oxygen atoms in total. The Balaban J connectivity index is 1.72. The van der Waals surface area contributed by atoms with Crippen LogP contribution in [0.3, 0.4) is 0 Å². The third-order valence-electron chi connectivity index (χ3n) is 3.92. The number of nitrogens with one attached hydrogen (secondary N) is 2. The predicted molar refractivity (Wildman–Crippen MR) is 94.4 cm³/mol. The number of anilines is 1. The van der Waals surface area contributed by atoms with Gasteiger partial charge in [0.25, 0.3) is 5.91 Å². The van der Waals surface area contributed by atoms with Crippen LogP contribution >= 0.6 is 15.9 Å². The van der Waals surface area contributed by atoms with Crippen molar-refractivity contribution in [2.45, 2.75) is 25.8 Å². The number of nitrogens with zero attached hydrogens (tertiary/aromatic N) is 3. The predicted octanol–water partition coefficient (Wildman–Crippen LogP) is 2.62. The minimum absolute atomic E-state index is 0.293. The van der Waals surface area contributed by atoms with Gasteiger partial charge in [-0.05, 0) is 51.1 Å². The average molecular weight is 394 g/mol. The largest absolute Gasteiger partial charge is 0.492 e. The smallest absolute Gasteiger partial charge is 0.277 e. The van der Waals surface area contributed by atoms with Crippen molar-refractivity contribution in [2.24, 2.45) is 0 Å². The normalized spacial score (nSPS) is 15.2. The van der Waals surface area contributed by atoms with Gasteiger partial charge >= 0.3 is 0 Å². The van der Waals surface area contributed by atoms with Crippen LogP contribution in [0, 0.1) is 0 Å². The molecule has 0 atom stereocenters. The van der Waals surface area contributed by atoms with Crippen molar-refractivity contribution in [1.82, 2.24) is 20.3 Å². The molecule has 1 aliphatic rings. The van der Waals surface area contributed by atoms with E-state index in [0.717, 1.165) is 30.4 Å².